The van der Waals surface area contributed by atoms with Gasteiger partial charge in [-0.15, -0.1) is 0 Å². The summed E-state index contributed by atoms with van der Waals surface area (Å²) in [5, 5.41) is 2.60. The third kappa shape index (κ3) is 2.86. The van der Waals surface area contributed by atoms with E-state index in [4.69, 9.17) is 14.5 Å². The van der Waals surface area contributed by atoms with Gasteiger partial charge in [0.25, 0.3) is 11.8 Å². The van der Waals surface area contributed by atoms with Crippen LogP contribution in [-0.4, -0.2) is 39.1 Å². The molecule has 2 aromatic heterocycles. The highest BCUT2D eigenvalue weighted by atomic mass is 19.1. The number of carbonyl (C=O) groups excluding carboxylic acids is 1. The van der Waals surface area contributed by atoms with Gasteiger partial charge in [0, 0.05) is 17.8 Å². The topological polar surface area (TPSA) is 77.8 Å². The lowest BCUT2D eigenvalue weighted by atomic mass is 9.62. The van der Waals surface area contributed by atoms with Gasteiger partial charge in [0.2, 0.25) is 5.65 Å². The van der Waals surface area contributed by atoms with Crippen molar-refractivity contribution in [2.45, 2.75) is 44.6 Å². The SMILES string of the molecule is CCOc1nc(C(=O)Nc2cccc(C)c2F)cn2cc(C34COC(C)(C3)C4)nc12. The van der Waals surface area contributed by atoms with Crippen molar-refractivity contribution in [3.63, 3.8) is 0 Å². The quantitative estimate of drug-likeness (QED) is 0.695. The van der Waals surface area contributed by atoms with Crippen molar-refractivity contribution >= 4 is 17.2 Å². The van der Waals surface area contributed by atoms with E-state index in [0.717, 1.165) is 18.5 Å². The number of amides is 1. The second-order valence-electron chi connectivity index (χ2n) is 8.48. The Hall–Kier alpha value is -3.00. The maximum atomic E-state index is 14.3. The molecule has 0 atom stereocenters. The summed E-state index contributed by atoms with van der Waals surface area (Å²) in [6.45, 7) is 6.64. The van der Waals surface area contributed by atoms with Crippen molar-refractivity contribution in [1.82, 2.24) is 14.4 Å². The van der Waals surface area contributed by atoms with Gasteiger partial charge in [0.15, 0.2) is 0 Å². The van der Waals surface area contributed by atoms with Crippen LogP contribution in [-0.2, 0) is 10.2 Å². The molecule has 1 aliphatic carbocycles. The number of anilines is 1. The van der Waals surface area contributed by atoms with Gasteiger partial charge in [-0.2, -0.15) is 0 Å². The van der Waals surface area contributed by atoms with E-state index < -0.39 is 11.7 Å². The molecule has 8 heteroatoms. The molecule has 0 radical (unpaired) electrons. The van der Waals surface area contributed by atoms with Gasteiger partial charge in [0.1, 0.15) is 11.5 Å². The molecule has 156 valence electrons. The number of aryl methyl sites for hydroxylation is 1. The van der Waals surface area contributed by atoms with E-state index in [2.05, 4.69) is 17.2 Å². The lowest BCUT2D eigenvalue weighted by Crippen LogP contribution is -2.45. The zero-order valence-corrected chi connectivity index (χ0v) is 17.2. The number of fused-ring (bicyclic) bond motifs is 2. The first-order chi connectivity index (χ1) is 14.3. The molecule has 30 heavy (non-hydrogen) atoms. The molecule has 1 N–H and O–H groups in total. The molecule has 1 saturated carbocycles. The molecule has 3 fully saturated rings. The van der Waals surface area contributed by atoms with Gasteiger partial charge in [-0.05, 0) is 45.2 Å². The van der Waals surface area contributed by atoms with E-state index in [1.807, 2.05) is 13.1 Å². The third-order valence-corrected chi connectivity index (χ3v) is 6.03. The summed E-state index contributed by atoms with van der Waals surface area (Å²) in [6, 6.07) is 4.85. The zero-order chi connectivity index (χ0) is 21.1. The lowest BCUT2D eigenvalue weighted by molar-refractivity contribution is 0.0154. The Morgan fingerprint density at radius 2 is 2.13 bits per heavy atom. The molecule has 3 aromatic rings. The Kier molecular flexibility index (Phi) is 4.12. The number of hydrogen-bond donors (Lipinski definition) is 1. The standard InChI is InChI=1S/C22H23FN4O3/c1-4-29-20-18-26-16(22-10-21(3,11-22)30-12-22)9-27(18)8-15(25-20)19(28)24-14-7-5-6-13(2)17(14)23/h5-9H,4,10-12H2,1-3H3,(H,24,28). The first-order valence-electron chi connectivity index (χ1n) is 10.1. The van der Waals surface area contributed by atoms with Crippen LogP contribution < -0.4 is 10.1 Å². The fourth-order valence-electron chi connectivity index (χ4n) is 4.65. The number of benzene rings is 1. The fraction of sp³-hybridized carbons (Fsp3) is 0.409. The maximum absolute atomic E-state index is 14.3. The van der Waals surface area contributed by atoms with Crippen molar-refractivity contribution < 1.29 is 18.7 Å². The van der Waals surface area contributed by atoms with Crippen LogP contribution in [0.4, 0.5) is 10.1 Å². The minimum Gasteiger partial charge on any atom is -0.475 e. The second-order valence-corrected chi connectivity index (χ2v) is 8.48. The molecule has 4 heterocycles. The Labute approximate surface area is 173 Å². The summed E-state index contributed by atoms with van der Waals surface area (Å²) in [5.74, 6) is -0.704. The number of aromatic nitrogens is 3. The predicted octanol–water partition coefficient (Wildman–Crippen LogP) is 3.65. The molecule has 2 bridgehead atoms. The smallest absolute Gasteiger partial charge is 0.276 e. The fourth-order valence-corrected chi connectivity index (χ4v) is 4.65. The van der Waals surface area contributed by atoms with E-state index in [9.17, 15) is 9.18 Å². The highest BCUT2D eigenvalue weighted by Crippen LogP contribution is 2.58. The molecule has 2 saturated heterocycles. The molecule has 1 amide bonds. The van der Waals surface area contributed by atoms with Gasteiger partial charge in [0.05, 0.1) is 30.2 Å². The largest absolute Gasteiger partial charge is 0.475 e. The number of nitrogens with zero attached hydrogens (tertiary/aromatic N) is 3. The Morgan fingerprint density at radius 3 is 2.83 bits per heavy atom. The first kappa shape index (κ1) is 19.0. The minimum atomic E-state index is -0.517. The van der Waals surface area contributed by atoms with Crippen LogP contribution in [0.1, 0.15) is 48.4 Å². The van der Waals surface area contributed by atoms with E-state index in [1.54, 1.807) is 29.7 Å². The first-order valence-corrected chi connectivity index (χ1v) is 10.1. The van der Waals surface area contributed by atoms with Crippen molar-refractivity contribution in [1.29, 1.82) is 0 Å². The number of halogens is 1. The zero-order valence-electron chi connectivity index (χ0n) is 17.2. The molecule has 2 aliphatic heterocycles. The van der Waals surface area contributed by atoms with E-state index in [1.165, 1.54) is 6.07 Å². The Bertz CT molecular complexity index is 1170. The number of nitrogens with one attached hydrogen (secondary N) is 1. The highest BCUT2D eigenvalue weighted by molar-refractivity contribution is 6.03. The molecule has 6 rings (SSSR count). The van der Waals surface area contributed by atoms with Gasteiger partial charge in [-0.25, -0.2) is 14.4 Å². The van der Waals surface area contributed by atoms with Crippen LogP contribution in [0.25, 0.3) is 5.65 Å². The number of carbonyl (C=O) groups is 1. The molecule has 7 nitrogen and oxygen atoms in total. The second kappa shape index (κ2) is 6.50. The van der Waals surface area contributed by atoms with Crippen LogP contribution in [0.3, 0.4) is 0 Å². The molecule has 3 aliphatic rings. The maximum Gasteiger partial charge on any atom is 0.276 e. The predicted molar refractivity (Wildman–Crippen MR) is 109 cm³/mol. The Balaban J connectivity index is 1.51. The lowest BCUT2D eigenvalue weighted by Gasteiger charge is -2.41. The Morgan fingerprint density at radius 1 is 1.33 bits per heavy atom. The van der Waals surface area contributed by atoms with Gasteiger partial charge >= 0.3 is 0 Å². The highest BCUT2D eigenvalue weighted by Gasteiger charge is 2.61. The van der Waals surface area contributed by atoms with Crippen LogP contribution in [0.5, 0.6) is 5.88 Å². The number of rotatable bonds is 5. The van der Waals surface area contributed by atoms with Crippen molar-refractivity contribution in [2.24, 2.45) is 0 Å². The van der Waals surface area contributed by atoms with E-state index in [0.29, 0.717) is 24.4 Å². The average molecular weight is 410 g/mol. The molecule has 1 aromatic carbocycles. The third-order valence-electron chi connectivity index (χ3n) is 6.03. The van der Waals surface area contributed by atoms with Crippen LogP contribution >= 0.6 is 0 Å². The average Bonchev–Trinajstić information content (AvgIpc) is 3.36. The van der Waals surface area contributed by atoms with Crippen LogP contribution in [0, 0.1) is 12.7 Å². The van der Waals surface area contributed by atoms with Gasteiger partial charge in [-0.3, -0.25) is 9.20 Å². The normalized spacial score (nSPS) is 24.7. The van der Waals surface area contributed by atoms with E-state index >= 15 is 0 Å². The summed E-state index contributed by atoms with van der Waals surface area (Å²) >= 11 is 0. The van der Waals surface area contributed by atoms with Crippen LogP contribution in [0.15, 0.2) is 30.6 Å². The van der Waals surface area contributed by atoms with Crippen molar-refractivity contribution in [3.05, 3.63) is 53.4 Å². The summed E-state index contributed by atoms with van der Waals surface area (Å²) in [4.78, 5) is 21.9. The minimum absolute atomic E-state index is 0.0558. The molecule has 0 spiro atoms. The number of ether oxygens (including phenoxy) is 2. The monoisotopic (exact) mass is 410 g/mol. The molecular formula is C22H23FN4O3. The summed E-state index contributed by atoms with van der Waals surface area (Å²) in [7, 11) is 0. The number of imidazole rings is 1. The number of hydrogen-bond acceptors (Lipinski definition) is 5. The summed E-state index contributed by atoms with van der Waals surface area (Å²) < 4.78 is 27.6. The molecular weight excluding hydrogens is 387 g/mol. The van der Waals surface area contributed by atoms with Crippen molar-refractivity contribution in [2.75, 3.05) is 18.5 Å². The van der Waals surface area contributed by atoms with Crippen LogP contribution in [0.2, 0.25) is 0 Å². The summed E-state index contributed by atoms with van der Waals surface area (Å²) in [5.41, 5.74) is 2.02. The van der Waals surface area contributed by atoms with E-state index in [-0.39, 0.29) is 28.3 Å². The summed E-state index contributed by atoms with van der Waals surface area (Å²) in [6.07, 6.45) is 5.38. The molecule has 0 unspecified atom stereocenters. The van der Waals surface area contributed by atoms with Gasteiger partial charge in [-0.1, -0.05) is 12.1 Å². The van der Waals surface area contributed by atoms with Crippen molar-refractivity contribution in [3.8, 4) is 5.88 Å². The van der Waals surface area contributed by atoms with Gasteiger partial charge < -0.3 is 14.8 Å².